The summed E-state index contributed by atoms with van der Waals surface area (Å²) in [5, 5.41) is 23.7. The molecule has 0 saturated carbocycles. The van der Waals surface area contributed by atoms with Crippen LogP contribution in [0.3, 0.4) is 0 Å². The third-order valence-corrected chi connectivity index (χ3v) is 2.68. The van der Waals surface area contributed by atoms with Gasteiger partial charge in [-0.05, 0) is 25.1 Å². The summed E-state index contributed by atoms with van der Waals surface area (Å²) in [5.74, 6) is -0.427. The van der Waals surface area contributed by atoms with Crippen LogP contribution in [0.4, 0.5) is 5.69 Å². The van der Waals surface area contributed by atoms with Crippen LogP contribution in [0.1, 0.15) is 21.7 Å². The Balaban J connectivity index is 2.08. The normalized spacial score (nSPS) is 10.7. The number of hydrogen-bond acceptors (Lipinski definition) is 6. The van der Waals surface area contributed by atoms with Crippen LogP contribution in [0, 0.1) is 17.0 Å². The van der Waals surface area contributed by atoms with Crippen LogP contribution in [-0.2, 0) is 0 Å². The highest BCUT2D eigenvalue weighted by atomic mass is 16.6. The Hall–Kier alpha value is -3.16. The number of nitrogens with one attached hydrogen (secondary N) is 1. The maximum atomic E-state index is 11.7. The van der Waals surface area contributed by atoms with E-state index in [4.69, 9.17) is 4.42 Å². The molecule has 0 spiro atoms. The smallest absolute Gasteiger partial charge is 0.311 e. The third-order valence-electron chi connectivity index (χ3n) is 2.68. The number of nitro groups is 1. The summed E-state index contributed by atoms with van der Waals surface area (Å²) in [6.07, 6.45) is 2.62. The van der Waals surface area contributed by atoms with E-state index in [1.54, 1.807) is 6.92 Å². The van der Waals surface area contributed by atoms with Crippen LogP contribution in [0.5, 0.6) is 5.75 Å². The van der Waals surface area contributed by atoms with Gasteiger partial charge in [-0.15, -0.1) is 0 Å². The molecule has 0 saturated heterocycles. The molecule has 2 N–H and O–H groups in total. The lowest BCUT2D eigenvalue weighted by Crippen LogP contribution is -2.17. The second kappa shape index (κ2) is 5.87. The van der Waals surface area contributed by atoms with E-state index in [0.29, 0.717) is 16.9 Å². The number of phenols is 1. The molecule has 2 rings (SSSR count). The Bertz CT molecular complexity index is 720. The quantitative estimate of drug-likeness (QED) is 0.506. The first-order chi connectivity index (χ1) is 9.99. The van der Waals surface area contributed by atoms with Crippen molar-refractivity contribution < 1.29 is 19.2 Å². The zero-order chi connectivity index (χ0) is 15.4. The van der Waals surface area contributed by atoms with Gasteiger partial charge in [-0.2, -0.15) is 5.10 Å². The summed E-state index contributed by atoms with van der Waals surface area (Å²) in [7, 11) is 0. The summed E-state index contributed by atoms with van der Waals surface area (Å²) in [4.78, 5) is 21.7. The number of carbonyl (C=O) groups excluding carboxylic acids is 1. The summed E-state index contributed by atoms with van der Waals surface area (Å²) >= 11 is 0. The van der Waals surface area contributed by atoms with Crippen molar-refractivity contribution >= 4 is 17.8 Å². The number of amides is 1. The molecule has 2 aromatic rings. The van der Waals surface area contributed by atoms with Crippen LogP contribution in [0.15, 0.2) is 40.0 Å². The van der Waals surface area contributed by atoms with E-state index in [1.165, 1.54) is 30.7 Å². The SMILES string of the molecule is Cc1occc1C(=O)N/N=C/c1ccc(O)c([N+](=O)[O-])c1. The van der Waals surface area contributed by atoms with E-state index in [-0.39, 0.29) is 0 Å². The summed E-state index contributed by atoms with van der Waals surface area (Å²) in [5.41, 5.74) is 2.56. The summed E-state index contributed by atoms with van der Waals surface area (Å²) < 4.78 is 4.99. The third kappa shape index (κ3) is 3.24. The second-order valence-corrected chi connectivity index (χ2v) is 4.09. The molecule has 0 radical (unpaired) electrons. The van der Waals surface area contributed by atoms with Gasteiger partial charge in [0.25, 0.3) is 5.91 Å². The minimum atomic E-state index is -0.708. The lowest BCUT2D eigenvalue weighted by molar-refractivity contribution is -0.385. The largest absolute Gasteiger partial charge is 0.502 e. The van der Waals surface area contributed by atoms with Crippen LogP contribution in [0.2, 0.25) is 0 Å². The van der Waals surface area contributed by atoms with Crippen LogP contribution in [-0.4, -0.2) is 22.2 Å². The molecule has 0 aliphatic carbocycles. The molecule has 1 aromatic carbocycles. The number of hydrazone groups is 1. The monoisotopic (exact) mass is 289 g/mol. The number of aryl methyl sites for hydroxylation is 1. The van der Waals surface area contributed by atoms with Crippen molar-refractivity contribution in [2.45, 2.75) is 6.92 Å². The van der Waals surface area contributed by atoms with Gasteiger partial charge in [0.2, 0.25) is 0 Å². The van der Waals surface area contributed by atoms with Gasteiger partial charge in [-0.3, -0.25) is 14.9 Å². The number of aromatic hydroxyl groups is 1. The van der Waals surface area contributed by atoms with Gasteiger partial charge in [0.1, 0.15) is 5.76 Å². The maximum absolute atomic E-state index is 11.7. The topological polar surface area (TPSA) is 118 Å². The summed E-state index contributed by atoms with van der Waals surface area (Å²) in [6, 6.07) is 5.27. The molecule has 1 heterocycles. The van der Waals surface area contributed by atoms with Gasteiger partial charge in [0.15, 0.2) is 5.75 Å². The second-order valence-electron chi connectivity index (χ2n) is 4.09. The van der Waals surface area contributed by atoms with Gasteiger partial charge in [-0.1, -0.05) is 0 Å². The number of furan rings is 1. The predicted molar refractivity (Wildman–Crippen MR) is 73.3 cm³/mol. The number of nitro benzene ring substituents is 1. The molecule has 0 unspecified atom stereocenters. The van der Waals surface area contributed by atoms with Crippen molar-refractivity contribution in [3.63, 3.8) is 0 Å². The Morgan fingerprint density at radius 2 is 2.24 bits per heavy atom. The van der Waals surface area contributed by atoms with E-state index < -0.39 is 22.3 Å². The first-order valence-corrected chi connectivity index (χ1v) is 5.84. The van der Waals surface area contributed by atoms with Gasteiger partial charge < -0.3 is 9.52 Å². The Labute approximate surface area is 118 Å². The Morgan fingerprint density at radius 3 is 2.86 bits per heavy atom. The average Bonchev–Trinajstić information content (AvgIpc) is 2.86. The van der Waals surface area contributed by atoms with Crippen molar-refractivity contribution in [2.24, 2.45) is 5.10 Å². The van der Waals surface area contributed by atoms with E-state index >= 15 is 0 Å². The minimum absolute atomic E-state index is 0.351. The highest BCUT2D eigenvalue weighted by Crippen LogP contribution is 2.25. The lowest BCUT2D eigenvalue weighted by Gasteiger charge is -1.99. The summed E-state index contributed by atoms with van der Waals surface area (Å²) in [6.45, 7) is 1.64. The molecule has 1 aromatic heterocycles. The average molecular weight is 289 g/mol. The lowest BCUT2D eigenvalue weighted by atomic mass is 10.2. The molecule has 0 aliphatic rings. The first-order valence-electron chi connectivity index (χ1n) is 5.84. The number of phenolic OH excluding ortho intramolecular Hbond substituents is 1. The zero-order valence-corrected chi connectivity index (χ0v) is 10.9. The van der Waals surface area contributed by atoms with Gasteiger partial charge in [-0.25, -0.2) is 5.43 Å². The number of hydrogen-bond donors (Lipinski definition) is 2. The Kier molecular flexibility index (Phi) is 3.98. The van der Waals surface area contributed by atoms with Crippen LogP contribution < -0.4 is 5.43 Å². The first kappa shape index (κ1) is 14.3. The van der Waals surface area contributed by atoms with Crippen molar-refractivity contribution in [3.05, 3.63) is 57.5 Å². The molecule has 0 atom stereocenters. The van der Waals surface area contributed by atoms with E-state index in [0.717, 1.165) is 6.07 Å². The molecule has 8 nitrogen and oxygen atoms in total. The van der Waals surface area contributed by atoms with Crippen molar-refractivity contribution in [3.8, 4) is 5.75 Å². The molecule has 108 valence electrons. The maximum Gasteiger partial charge on any atom is 0.311 e. The molecule has 0 fully saturated rings. The predicted octanol–water partition coefficient (Wildman–Crippen LogP) is 1.97. The number of rotatable bonds is 4. The highest BCUT2D eigenvalue weighted by Gasteiger charge is 2.13. The Morgan fingerprint density at radius 1 is 1.48 bits per heavy atom. The van der Waals surface area contributed by atoms with Crippen molar-refractivity contribution in [1.82, 2.24) is 5.43 Å². The molecule has 1 amide bonds. The van der Waals surface area contributed by atoms with E-state index in [2.05, 4.69) is 10.5 Å². The van der Waals surface area contributed by atoms with E-state index in [1.807, 2.05) is 0 Å². The van der Waals surface area contributed by atoms with Gasteiger partial charge in [0.05, 0.1) is 23.0 Å². The fraction of sp³-hybridized carbons (Fsp3) is 0.0769. The van der Waals surface area contributed by atoms with E-state index in [9.17, 15) is 20.0 Å². The molecular formula is C13H11N3O5. The van der Waals surface area contributed by atoms with Gasteiger partial charge >= 0.3 is 5.69 Å². The van der Waals surface area contributed by atoms with Crippen molar-refractivity contribution in [2.75, 3.05) is 0 Å². The molecule has 0 aliphatic heterocycles. The molecular weight excluding hydrogens is 278 g/mol. The zero-order valence-electron chi connectivity index (χ0n) is 10.9. The fourth-order valence-electron chi connectivity index (χ4n) is 1.61. The fourth-order valence-corrected chi connectivity index (χ4v) is 1.61. The molecule has 21 heavy (non-hydrogen) atoms. The standard InChI is InChI=1S/C13H11N3O5/c1-8-10(4-5-21-8)13(18)15-14-7-9-2-3-12(17)11(6-9)16(19)20/h2-7,17H,1H3,(H,15,18)/b14-7+. The number of benzene rings is 1. The number of nitrogens with zero attached hydrogens (tertiary/aromatic N) is 2. The van der Waals surface area contributed by atoms with Crippen molar-refractivity contribution in [1.29, 1.82) is 0 Å². The van der Waals surface area contributed by atoms with Crippen LogP contribution in [0.25, 0.3) is 0 Å². The molecule has 0 bridgehead atoms. The highest BCUT2D eigenvalue weighted by molar-refractivity contribution is 5.95. The minimum Gasteiger partial charge on any atom is -0.502 e. The van der Waals surface area contributed by atoms with Crippen LogP contribution >= 0.6 is 0 Å². The number of carbonyl (C=O) groups is 1. The molecule has 8 heteroatoms. The van der Waals surface area contributed by atoms with Gasteiger partial charge in [0, 0.05) is 11.6 Å².